The van der Waals surface area contributed by atoms with Gasteiger partial charge in [-0.2, -0.15) is 0 Å². The minimum atomic E-state index is -0.00855. The smallest absolute Gasteiger partial charge is 0.137 e. The minimum absolute atomic E-state index is 0.00855. The first-order valence-corrected chi connectivity index (χ1v) is 7.16. The minimum Gasteiger partial charge on any atom is -0.379 e. The predicted molar refractivity (Wildman–Crippen MR) is 87.7 cm³/mol. The van der Waals surface area contributed by atoms with Crippen LogP contribution in [0.3, 0.4) is 0 Å². The quantitative estimate of drug-likeness (QED) is 0.733. The Bertz CT molecular complexity index is 786. The first-order valence-electron chi connectivity index (χ1n) is 6.79. The van der Waals surface area contributed by atoms with Gasteiger partial charge >= 0.3 is 0 Å². The topological polar surface area (TPSA) is 53.6 Å². The van der Waals surface area contributed by atoms with Crippen molar-refractivity contribution in [1.29, 1.82) is 0 Å². The van der Waals surface area contributed by atoms with E-state index in [0.717, 1.165) is 27.8 Å². The molecule has 3 aromatic rings. The van der Waals surface area contributed by atoms with Gasteiger partial charge in [0.05, 0.1) is 10.7 Å². The van der Waals surface area contributed by atoms with Gasteiger partial charge < -0.3 is 10.3 Å². The maximum Gasteiger partial charge on any atom is 0.137 e. The van der Waals surface area contributed by atoms with E-state index in [4.69, 9.17) is 11.6 Å². The fourth-order valence-electron chi connectivity index (χ4n) is 2.31. The Morgan fingerprint density at radius 3 is 2.71 bits per heavy atom. The molecule has 0 amide bonds. The highest BCUT2D eigenvalue weighted by Crippen LogP contribution is 2.30. The van der Waals surface area contributed by atoms with E-state index in [0.29, 0.717) is 5.02 Å². The van der Waals surface area contributed by atoms with Crippen LogP contribution in [0, 0.1) is 0 Å². The maximum atomic E-state index is 6.05. The van der Waals surface area contributed by atoms with Crippen LogP contribution in [0.15, 0.2) is 36.9 Å². The molecule has 0 saturated carbocycles. The molecule has 2 N–H and O–H groups in total. The van der Waals surface area contributed by atoms with Gasteiger partial charge in [-0.15, -0.1) is 0 Å². The van der Waals surface area contributed by atoms with Crippen molar-refractivity contribution >= 4 is 28.3 Å². The van der Waals surface area contributed by atoms with Gasteiger partial charge in [-0.25, -0.2) is 4.98 Å². The van der Waals surface area contributed by atoms with Crippen molar-refractivity contribution in [3.05, 3.63) is 41.9 Å². The molecular formula is C16H17ClN4. The molecule has 0 aliphatic rings. The molecule has 4 nitrogen and oxygen atoms in total. The number of halogens is 1. The highest BCUT2D eigenvalue weighted by Gasteiger charge is 2.12. The van der Waals surface area contributed by atoms with Crippen LogP contribution in [0.25, 0.3) is 22.2 Å². The predicted octanol–water partition coefficient (Wildman–Crippen LogP) is 4.49. The van der Waals surface area contributed by atoms with E-state index in [-0.39, 0.29) is 5.54 Å². The molecule has 5 heteroatoms. The zero-order chi connectivity index (χ0) is 15.0. The zero-order valence-electron chi connectivity index (χ0n) is 12.2. The van der Waals surface area contributed by atoms with Gasteiger partial charge in [0.25, 0.3) is 0 Å². The fourth-order valence-corrected chi connectivity index (χ4v) is 2.46. The van der Waals surface area contributed by atoms with E-state index < -0.39 is 0 Å². The van der Waals surface area contributed by atoms with Crippen LogP contribution in [0.5, 0.6) is 0 Å². The van der Waals surface area contributed by atoms with E-state index in [2.05, 4.69) is 47.1 Å². The number of anilines is 1. The Hall–Kier alpha value is -2.07. The van der Waals surface area contributed by atoms with Crippen molar-refractivity contribution in [2.24, 2.45) is 0 Å². The SMILES string of the molecule is CC(C)(C)Nc1cncc(-c2c[nH]c3ncc(Cl)cc23)c1. The first-order chi connectivity index (χ1) is 9.92. The summed E-state index contributed by atoms with van der Waals surface area (Å²) in [5.41, 5.74) is 3.88. The number of hydrogen-bond acceptors (Lipinski definition) is 3. The average Bonchev–Trinajstić information content (AvgIpc) is 2.80. The zero-order valence-corrected chi connectivity index (χ0v) is 13.0. The number of nitrogens with zero attached hydrogens (tertiary/aromatic N) is 2. The third-order valence-corrected chi connectivity index (χ3v) is 3.27. The first kappa shape index (κ1) is 13.9. The largest absolute Gasteiger partial charge is 0.379 e. The third-order valence-electron chi connectivity index (χ3n) is 3.07. The van der Waals surface area contributed by atoms with Gasteiger partial charge in [-0.3, -0.25) is 4.98 Å². The molecule has 3 heterocycles. The Morgan fingerprint density at radius 2 is 1.95 bits per heavy atom. The number of fused-ring (bicyclic) bond motifs is 1. The second kappa shape index (κ2) is 5.04. The van der Waals surface area contributed by atoms with Gasteiger partial charge in [0.15, 0.2) is 0 Å². The Balaban J connectivity index is 2.06. The molecule has 21 heavy (non-hydrogen) atoms. The second-order valence-electron chi connectivity index (χ2n) is 6.09. The van der Waals surface area contributed by atoms with Gasteiger partial charge in [-0.1, -0.05) is 11.6 Å². The third kappa shape index (κ3) is 3.00. The lowest BCUT2D eigenvalue weighted by Gasteiger charge is -2.22. The van der Waals surface area contributed by atoms with Crippen molar-refractivity contribution in [3.8, 4) is 11.1 Å². The summed E-state index contributed by atoms with van der Waals surface area (Å²) in [6, 6.07) is 4.00. The molecule has 0 bridgehead atoms. The Morgan fingerprint density at radius 1 is 1.14 bits per heavy atom. The normalized spacial score (nSPS) is 11.8. The van der Waals surface area contributed by atoms with Crippen LogP contribution < -0.4 is 5.32 Å². The standard InChI is InChI=1S/C16H17ClN4/c1-16(2,3)21-12-4-10(6-18-8-12)14-9-20-15-13(14)5-11(17)7-19-15/h4-9,21H,1-3H3,(H,19,20). The van der Waals surface area contributed by atoms with Crippen molar-refractivity contribution < 1.29 is 0 Å². The summed E-state index contributed by atoms with van der Waals surface area (Å²) in [6.45, 7) is 6.36. The average molecular weight is 301 g/mol. The number of hydrogen-bond donors (Lipinski definition) is 2. The summed E-state index contributed by atoms with van der Waals surface area (Å²) >= 11 is 6.05. The Kier molecular flexibility index (Phi) is 3.33. The molecule has 3 rings (SSSR count). The molecule has 108 valence electrons. The molecule has 0 radical (unpaired) electrons. The summed E-state index contributed by atoms with van der Waals surface area (Å²) in [7, 11) is 0. The lowest BCUT2D eigenvalue weighted by Crippen LogP contribution is -2.26. The molecule has 0 aliphatic heterocycles. The van der Waals surface area contributed by atoms with E-state index >= 15 is 0 Å². The fraction of sp³-hybridized carbons (Fsp3) is 0.250. The van der Waals surface area contributed by atoms with Crippen LogP contribution >= 0.6 is 11.6 Å². The van der Waals surface area contributed by atoms with Crippen LogP contribution in [0.1, 0.15) is 20.8 Å². The van der Waals surface area contributed by atoms with Gasteiger partial charge in [0.2, 0.25) is 0 Å². The highest BCUT2D eigenvalue weighted by atomic mass is 35.5. The van der Waals surface area contributed by atoms with Crippen molar-refractivity contribution in [3.63, 3.8) is 0 Å². The molecule has 0 saturated heterocycles. The number of aromatic nitrogens is 3. The summed E-state index contributed by atoms with van der Waals surface area (Å²) < 4.78 is 0. The molecule has 3 aromatic heterocycles. The molecular weight excluding hydrogens is 284 g/mol. The lowest BCUT2D eigenvalue weighted by molar-refractivity contribution is 0.633. The van der Waals surface area contributed by atoms with E-state index in [1.165, 1.54) is 0 Å². The van der Waals surface area contributed by atoms with Gasteiger partial charge in [-0.05, 0) is 32.9 Å². The Labute approximate surface area is 128 Å². The van der Waals surface area contributed by atoms with Crippen molar-refractivity contribution in [2.75, 3.05) is 5.32 Å². The van der Waals surface area contributed by atoms with Crippen LogP contribution in [-0.4, -0.2) is 20.5 Å². The van der Waals surface area contributed by atoms with Gasteiger partial charge in [0, 0.05) is 46.8 Å². The molecule has 0 aromatic carbocycles. The van der Waals surface area contributed by atoms with E-state index in [1.54, 1.807) is 6.20 Å². The summed E-state index contributed by atoms with van der Waals surface area (Å²) in [5.74, 6) is 0. The maximum absolute atomic E-state index is 6.05. The van der Waals surface area contributed by atoms with E-state index in [9.17, 15) is 0 Å². The number of H-pyrrole nitrogens is 1. The monoisotopic (exact) mass is 300 g/mol. The molecule has 0 unspecified atom stereocenters. The van der Waals surface area contributed by atoms with Crippen molar-refractivity contribution in [1.82, 2.24) is 15.0 Å². The molecule has 0 fully saturated rings. The molecule has 0 spiro atoms. The molecule has 0 atom stereocenters. The number of rotatable bonds is 2. The molecule has 0 aliphatic carbocycles. The summed E-state index contributed by atoms with van der Waals surface area (Å²) in [6.07, 6.45) is 7.25. The van der Waals surface area contributed by atoms with Crippen LogP contribution in [0.2, 0.25) is 5.02 Å². The second-order valence-corrected chi connectivity index (χ2v) is 6.53. The van der Waals surface area contributed by atoms with Crippen molar-refractivity contribution in [2.45, 2.75) is 26.3 Å². The lowest BCUT2D eigenvalue weighted by atomic mass is 10.1. The van der Waals surface area contributed by atoms with E-state index in [1.807, 2.05) is 24.7 Å². The number of nitrogens with one attached hydrogen (secondary N) is 2. The summed E-state index contributed by atoms with van der Waals surface area (Å²) in [5, 5.41) is 5.05. The number of aromatic amines is 1. The number of pyridine rings is 2. The highest BCUT2D eigenvalue weighted by molar-refractivity contribution is 6.31. The summed E-state index contributed by atoms with van der Waals surface area (Å²) in [4.78, 5) is 11.8. The van der Waals surface area contributed by atoms with Gasteiger partial charge in [0.1, 0.15) is 5.65 Å². The van der Waals surface area contributed by atoms with Crippen LogP contribution in [-0.2, 0) is 0 Å². The van der Waals surface area contributed by atoms with Crippen LogP contribution in [0.4, 0.5) is 5.69 Å².